The van der Waals surface area contributed by atoms with Gasteiger partial charge in [0.25, 0.3) is 0 Å². The summed E-state index contributed by atoms with van der Waals surface area (Å²) in [6.07, 6.45) is 0.657. The largest absolute Gasteiger partial charge is 0.496 e. The highest BCUT2D eigenvalue weighted by Crippen LogP contribution is 2.26. The van der Waals surface area contributed by atoms with Crippen LogP contribution in [-0.2, 0) is 11.2 Å². The van der Waals surface area contributed by atoms with Gasteiger partial charge in [-0.15, -0.1) is 0 Å². The Balaban J connectivity index is 2.91. The van der Waals surface area contributed by atoms with Gasteiger partial charge in [-0.25, -0.2) is 0 Å². The van der Waals surface area contributed by atoms with E-state index < -0.39 is 0 Å². The van der Waals surface area contributed by atoms with Crippen LogP contribution in [0.15, 0.2) is 18.2 Å². The molecule has 1 aromatic rings. The Hall–Kier alpha value is -0.770. The first-order valence-corrected chi connectivity index (χ1v) is 5.91. The number of ether oxygens (including phenoxy) is 2. The van der Waals surface area contributed by atoms with Crippen molar-refractivity contribution < 1.29 is 9.47 Å². The molecule has 17 heavy (non-hydrogen) atoms. The van der Waals surface area contributed by atoms with Crippen molar-refractivity contribution in [2.24, 2.45) is 5.73 Å². The topological polar surface area (TPSA) is 44.5 Å². The molecule has 0 saturated carbocycles. The van der Waals surface area contributed by atoms with Crippen molar-refractivity contribution in [3.8, 4) is 5.75 Å². The number of nitrogens with two attached hydrogens (primary N) is 1. The highest BCUT2D eigenvalue weighted by molar-refractivity contribution is 6.30. The van der Waals surface area contributed by atoms with E-state index in [9.17, 15) is 0 Å². The molecule has 0 heterocycles. The summed E-state index contributed by atoms with van der Waals surface area (Å²) >= 11 is 5.98. The standard InChI is InChI=1S/C13H20ClNO2/c1-13(2,17-4)12(15)8-9-7-10(14)5-6-11(9)16-3/h5-7,12H,8,15H2,1-4H3. The van der Waals surface area contributed by atoms with Gasteiger partial charge in [0.2, 0.25) is 0 Å². The van der Waals surface area contributed by atoms with Crippen LogP contribution in [0.25, 0.3) is 0 Å². The molecule has 1 unspecified atom stereocenters. The van der Waals surface area contributed by atoms with Crippen molar-refractivity contribution in [3.63, 3.8) is 0 Å². The van der Waals surface area contributed by atoms with Gasteiger partial charge in [0.15, 0.2) is 0 Å². The summed E-state index contributed by atoms with van der Waals surface area (Å²) in [4.78, 5) is 0. The van der Waals surface area contributed by atoms with E-state index in [1.165, 1.54) is 0 Å². The van der Waals surface area contributed by atoms with Crippen molar-refractivity contribution in [2.45, 2.75) is 31.9 Å². The maximum atomic E-state index is 6.14. The van der Waals surface area contributed by atoms with Gasteiger partial charge in [0, 0.05) is 18.2 Å². The second-order valence-electron chi connectivity index (χ2n) is 4.57. The normalized spacial score (nSPS) is 13.5. The first-order valence-electron chi connectivity index (χ1n) is 5.54. The van der Waals surface area contributed by atoms with E-state index in [1.54, 1.807) is 20.3 Å². The number of hydrogen-bond acceptors (Lipinski definition) is 3. The van der Waals surface area contributed by atoms with Crippen molar-refractivity contribution in [1.82, 2.24) is 0 Å². The third-order valence-electron chi connectivity index (χ3n) is 3.10. The lowest BCUT2D eigenvalue weighted by atomic mass is 9.92. The first-order chi connectivity index (χ1) is 7.90. The SMILES string of the molecule is COc1ccc(Cl)cc1CC(N)C(C)(C)OC. The van der Waals surface area contributed by atoms with Gasteiger partial charge in [-0.3, -0.25) is 0 Å². The lowest BCUT2D eigenvalue weighted by molar-refractivity contribution is 0.000701. The Kier molecular flexibility index (Phi) is 4.80. The molecule has 0 aliphatic rings. The van der Waals surface area contributed by atoms with Gasteiger partial charge < -0.3 is 15.2 Å². The molecule has 2 N–H and O–H groups in total. The zero-order valence-corrected chi connectivity index (χ0v) is 11.5. The van der Waals surface area contributed by atoms with Gasteiger partial charge in [0.05, 0.1) is 12.7 Å². The van der Waals surface area contributed by atoms with Crippen molar-refractivity contribution in [3.05, 3.63) is 28.8 Å². The molecular weight excluding hydrogens is 238 g/mol. The third-order valence-corrected chi connectivity index (χ3v) is 3.34. The highest BCUT2D eigenvalue weighted by atomic mass is 35.5. The van der Waals surface area contributed by atoms with Gasteiger partial charge in [-0.05, 0) is 44.0 Å². The Labute approximate surface area is 108 Å². The smallest absolute Gasteiger partial charge is 0.122 e. The fourth-order valence-electron chi connectivity index (χ4n) is 1.54. The second kappa shape index (κ2) is 5.71. The molecule has 1 rings (SSSR count). The van der Waals surface area contributed by atoms with Crippen molar-refractivity contribution >= 4 is 11.6 Å². The Morgan fingerprint density at radius 1 is 1.35 bits per heavy atom. The second-order valence-corrected chi connectivity index (χ2v) is 5.01. The lowest BCUT2D eigenvalue weighted by Crippen LogP contribution is -2.46. The van der Waals surface area contributed by atoms with Crippen molar-refractivity contribution in [2.75, 3.05) is 14.2 Å². The number of hydrogen-bond donors (Lipinski definition) is 1. The monoisotopic (exact) mass is 257 g/mol. The maximum absolute atomic E-state index is 6.14. The zero-order valence-electron chi connectivity index (χ0n) is 10.8. The van der Waals surface area contributed by atoms with Crippen molar-refractivity contribution in [1.29, 1.82) is 0 Å². The van der Waals surface area contributed by atoms with Crippen LogP contribution in [0.5, 0.6) is 5.75 Å². The van der Waals surface area contributed by atoms with Crippen LogP contribution in [-0.4, -0.2) is 25.9 Å². The lowest BCUT2D eigenvalue weighted by Gasteiger charge is -2.30. The van der Waals surface area contributed by atoms with E-state index in [0.29, 0.717) is 11.4 Å². The molecule has 0 aliphatic carbocycles. The molecule has 0 spiro atoms. The minimum atomic E-state index is -0.382. The van der Waals surface area contributed by atoms with Crippen LogP contribution in [0.1, 0.15) is 19.4 Å². The predicted molar refractivity (Wildman–Crippen MR) is 70.8 cm³/mol. The molecule has 0 aliphatic heterocycles. The van der Waals surface area contributed by atoms with Gasteiger partial charge in [-0.1, -0.05) is 11.6 Å². The fraction of sp³-hybridized carbons (Fsp3) is 0.538. The first kappa shape index (κ1) is 14.3. The summed E-state index contributed by atoms with van der Waals surface area (Å²) in [5.41, 5.74) is 6.76. The van der Waals surface area contributed by atoms with Crippen LogP contribution in [0.4, 0.5) is 0 Å². The molecule has 3 nitrogen and oxygen atoms in total. The van der Waals surface area contributed by atoms with Gasteiger partial charge in [0.1, 0.15) is 5.75 Å². The van der Waals surface area contributed by atoms with E-state index in [-0.39, 0.29) is 11.6 Å². The number of rotatable bonds is 5. The Bertz CT molecular complexity index is 380. The molecular formula is C13H20ClNO2. The van der Waals surface area contributed by atoms with Crippen LogP contribution in [0, 0.1) is 0 Å². The predicted octanol–water partition coefficient (Wildman–Crippen LogP) is 2.64. The molecule has 4 heteroatoms. The van der Waals surface area contributed by atoms with E-state index in [4.69, 9.17) is 26.8 Å². The summed E-state index contributed by atoms with van der Waals surface area (Å²) in [7, 11) is 3.30. The minimum absolute atomic E-state index is 0.125. The average molecular weight is 258 g/mol. The summed E-state index contributed by atoms with van der Waals surface area (Å²) in [6, 6.07) is 5.41. The van der Waals surface area contributed by atoms with E-state index in [0.717, 1.165) is 11.3 Å². The third kappa shape index (κ3) is 3.60. The highest BCUT2D eigenvalue weighted by Gasteiger charge is 2.26. The molecule has 0 radical (unpaired) electrons. The van der Waals surface area contributed by atoms with Crippen LogP contribution < -0.4 is 10.5 Å². The van der Waals surface area contributed by atoms with Crippen LogP contribution in [0.2, 0.25) is 5.02 Å². The zero-order chi connectivity index (χ0) is 13.1. The van der Waals surface area contributed by atoms with E-state index in [2.05, 4.69) is 0 Å². The molecule has 96 valence electrons. The van der Waals surface area contributed by atoms with Crippen LogP contribution in [0.3, 0.4) is 0 Å². The molecule has 0 amide bonds. The average Bonchev–Trinajstić information content (AvgIpc) is 2.29. The summed E-state index contributed by atoms with van der Waals surface area (Å²) in [5, 5.41) is 0.684. The molecule has 0 saturated heterocycles. The summed E-state index contributed by atoms with van der Waals surface area (Å²) in [5.74, 6) is 0.803. The quantitative estimate of drug-likeness (QED) is 0.882. The summed E-state index contributed by atoms with van der Waals surface area (Å²) < 4.78 is 10.7. The molecule has 0 aromatic heterocycles. The molecule has 0 fully saturated rings. The van der Waals surface area contributed by atoms with Crippen LogP contribution >= 0.6 is 11.6 Å². The molecule has 1 aromatic carbocycles. The fourth-order valence-corrected chi connectivity index (χ4v) is 1.74. The molecule has 0 bridgehead atoms. The maximum Gasteiger partial charge on any atom is 0.122 e. The number of halogens is 1. The van der Waals surface area contributed by atoms with E-state index in [1.807, 2.05) is 26.0 Å². The van der Waals surface area contributed by atoms with Gasteiger partial charge >= 0.3 is 0 Å². The Morgan fingerprint density at radius 2 is 2.00 bits per heavy atom. The Morgan fingerprint density at radius 3 is 2.53 bits per heavy atom. The molecule has 1 atom stereocenters. The van der Waals surface area contributed by atoms with E-state index >= 15 is 0 Å². The van der Waals surface area contributed by atoms with Gasteiger partial charge in [-0.2, -0.15) is 0 Å². The number of benzene rings is 1. The number of methoxy groups -OCH3 is 2. The minimum Gasteiger partial charge on any atom is -0.496 e. The summed E-state index contributed by atoms with van der Waals surface area (Å²) in [6.45, 7) is 3.93.